The van der Waals surface area contributed by atoms with Crippen molar-refractivity contribution in [2.24, 2.45) is 5.92 Å². The highest BCUT2D eigenvalue weighted by Gasteiger charge is 2.42. The van der Waals surface area contributed by atoms with Gasteiger partial charge in [0, 0.05) is 10.9 Å². The average Bonchev–Trinajstić information content (AvgIpc) is 3.05. The van der Waals surface area contributed by atoms with Gasteiger partial charge in [-0.05, 0) is 37.1 Å². The third-order valence-corrected chi connectivity index (χ3v) is 5.08. The highest BCUT2D eigenvalue weighted by atomic mass is 32.1. The van der Waals surface area contributed by atoms with Gasteiger partial charge in [-0.15, -0.1) is 11.3 Å². The lowest BCUT2D eigenvalue weighted by Gasteiger charge is -2.30. The maximum absolute atomic E-state index is 12.8. The van der Waals surface area contributed by atoms with Gasteiger partial charge in [-0.2, -0.15) is 0 Å². The molecule has 2 heterocycles. The molecule has 1 fully saturated rings. The summed E-state index contributed by atoms with van der Waals surface area (Å²) < 4.78 is 0. The monoisotopic (exact) mass is 308 g/mol. The first kappa shape index (κ1) is 16.5. The molecule has 3 nitrogen and oxygen atoms in total. The molecule has 0 spiro atoms. The highest BCUT2D eigenvalue weighted by Crippen LogP contribution is 2.33. The lowest BCUT2D eigenvalue weighted by Crippen LogP contribution is -2.38. The van der Waals surface area contributed by atoms with Gasteiger partial charge >= 0.3 is 0 Å². The Kier molecular flexibility index (Phi) is 5.82. The molecule has 0 radical (unpaired) electrons. The van der Waals surface area contributed by atoms with Crippen molar-refractivity contribution >= 4 is 17.2 Å². The Hall–Kier alpha value is -0.870. The predicted octanol–water partition coefficient (Wildman–Crippen LogP) is 4.17. The number of amides is 1. The number of rotatable bonds is 7. The van der Waals surface area contributed by atoms with Gasteiger partial charge in [-0.3, -0.25) is 10.1 Å². The van der Waals surface area contributed by atoms with Crippen molar-refractivity contribution < 1.29 is 4.79 Å². The molecule has 0 bridgehead atoms. The van der Waals surface area contributed by atoms with E-state index in [2.05, 4.69) is 55.4 Å². The van der Waals surface area contributed by atoms with Crippen LogP contribution in [0.3, 0.4) is 0 Å². The maximum Gasteiger partial charge on any atom is 0.241 e. The molecule has 2 rings (SSSR count). The molecule has 4 heteroatoms. The molecule has 3 atom stereocenters. The van der Waals surface area contributed by atoms with Crippen LogP contribution in [0.15, 0.2) is 17.5 Å². The van der Waals surface area contributed by atoms with Gasteiger partial charge < -0.3 is 4.90 Å². The third kappa shape index (κ3) is 3.86. The summed E-state index contributed by atoms with van der Waals surface area (Å²) in [6.07, 6.45) is 4.42. The van der Waals surface area contributed by atoms with Crippen LogP contribution in [-0.4, -0.2) is 22.9 Å². The van der Waals surface area contributed by atoms with Crippen molar-refractivity contribution in [2.75, 3.05) is 0 Å². The second kappa shape index (κ2) is 7.41. The Morgan fingerprint density at radius 1 is 1.38 bits per heavy atom. The van der Waals surface area contributed by atoms with Gasteiger partial charge in [-0.25, -0.2) is 0 Å². The van der Waals surface area contributed by atoms with E-state index in [0.29, 0.717) is 12.0 Å². The SMILES string of the molecule is CCCCC(C)N1C(=O)C(CC(C)C)NC1c1cccs1. The molecule has 0 aliphatic carbocycles. The third-order valence-electron chi connectivity index (χ3n) is 4.16. The van der Waals surface area contributed by atoms with Crippen molar-refractivity contribution in [3.63, 3.8) is 0 Å². The minimum absolute atomic E-state index is 0.0267. The van der Waals surface area contributed by atoms with Crippen LogP contribution in [0, 0.1) is 5.92 Å². The fourth-order valence-corrected chi connectivity index (χ4v) is 3.85. The molecular weight excluding hydrogens is 280 g/mol. The predicted molar refractivity (Wildman–Crippen MR) is 89.3 cm³/mol. The fourth-order valence-electron chi connectivity index (χ4n) is 3.07. The normalized spacial score (nSPS) is 24.0. The van der Waals surface area contributed by atoms with Crippen LogP contribution in [0.5, 0.6) is 0 Å². The number of hydrogen-bond donors (Lipinski definition) is 1. The molecule has 1 aromatic heterocycles. The lowest BCUT2D eigenvalue weighted by molar-refractivity contribution is -0.132. The van der Waals surface area contributed by atoms with E-state index in [0.717, 1.165) is 12.8 Å². The summed E-state index contributed by atoms with van der Waals surface area (Å²) in [5.41, 5.74) is 0. The molecule has 1 amide bonds. The molecule has 118 valence electrons. The first-order valence-electron chi connectivity index (χ1n) is 8.16. The molecule has 1 saturated heterocycles. The Balaban J connectivity index is 2.17. The number of nitrogens with zero attached hydrogens (tertiary/aromatic N) is 1. The Labute approximate surface area is 132 Å². The van der Waals surface area contributed by atoms with Crippen LogP contribution in [0.4, 0.5) is 0 Å². The van der Waals surface area contributed by atoms with Crippen LogP contribution in [0.2, 0.25) is 0 Å². The van der Waals surface area contributed by atoms with Gasteiger partial charge in [0.25, 0.3) is 0 Å². The van der Waals surface area contributed by atoms with E-state index in [4.69, 9.17) is 0 Å². The molecule has 1 aromatic rings. The van der Waals surface area contributed by atoms with Gasteiger partial charge in [0.2, 0.25) is 5.91 Å². The van der Waals surface area contributed by atoms with E-state index >= 15 is 0 Å². The Bertz CT molecular complexity index is 444. The molecule has 1 aliphatic heterocycles. The van der Waals surface area contributed by atoms with Gasteiger partial charge in [0.15, 0.2) is 0 Å². The maximum atomic E-state index is 12.8. The minimum atomic E-state index is -0.0267. The lowest BCUT2D eigenvalue weighted by atomic mass is 10.0. The zero-order valence-corrected chi connectivity index (χ0v) is 14.5. The smallest absolute Gasteiger partial charge is 0.241 e. The summed E-state index contributed by atoms with van der Waals surface area (Å²) in [5.74, 6) is 0.812. The second-order valence-corrected chi connectivity index (χ2v) is 7.48. The van der Waals surface area contributed by atoms with Crippen LogP contribution in [-0.2, 0) is 4.79 Å². The van der Waals surface area contributed by atoms with Crippen molar-refractivity contribution in [2.45, 2.75) is 71.6 Å². The van der Waals surface area contributed by atoms with Crippen molar-refractivity contribution in [3.05, 3.63) is 22.4 Å². The zero-order valence-electron chi connectivity index (χ0n) is 13.6. The summed E-state index contributed by atoms with van der Waals surface area (Å²) in [6.45, 7) is 8.75. The van der Waals surface area contributed by atoms with Crippen LogP contribution >= 0.6 is 11.3 Å². The van der Waals surface area contributed by atoms with E-state index in [1.54, 1.807) is 11.3 Å². The van der Waals surface area contributed by atoms with Gasteiger partial charge in [-0.1, -0.05) is 39.7 Å². The molecule has 1 aliphatic rings. The van der Waals surface area contributed by atoms with Crippen LogP contribution in [0.25, 0.3) is 0 Å². The fraction of sp³-hybridized carbons (Fsp3) is 0.706. The Morgan fingerprint density at radius 3 is 2.71 bits per heavy atom. The summed E-state index contributed by atoms with van der Waals surface area (Å²) in [7, 11) is 0. The standard InChI is InChI=1S/C17H28N2OS/c1-5-6-8-13(4)19-16(15-9-7-10-21-15)18-14(17(19)20)11-12(2)3/h7,9-10,12-14,16,18H,5-6,8,11H2,1-4H3. The van der Waals surface area contributed by atoms with Crippen LogP contribution < -0.4 is 5.32 Å². The zero-order chi connectivity index (χ0) is 15.4. The van der Waals surface area contributed by atoms with Crippen molar-refractivity contribution in [1.82, 2.24) is 10.2 Å². The number of nitrogens with one attached hydrogen (secondary N) is 1. The van der Waals surface area contributed by atoms with Crippen molar-refractivity contribution in [3.8, 4) is 0 Å². The van der Waals surface area contributed by atoms with Gasteiger partial charge in [0.1, 0.15) is 6.17 Å². The van der Waals surface area contributed by atoms with Crippen LogP contribution in [0.1, 0.15) is 64.4 Å². The van der Waals surface area contributed by atoms with E-state index in [9.17, 15) is 4.79 Å². The first-order valence-corrected chi connectivity index (χ1v) is 9.04. The number of thiophene rings is 1. The highest BCUT2D eigenvalue weighted by molar-refractivity contribution is 7.10. The largest absolute Gasteiger partial charge is 0.318 e. The van der Waals surface area contributed by atoms with E-state index in [1.807, 2.05) is 0 Å². The summed E-state index contributed by atoms with van der Waals surface area (Å²) >= 11 is 1.73. The molecule has 3 unspecified atom stereocenters. The summed E-state index contributed by atoms with van der Waals surface area (Å²) in [5, 5.41) is 5.66. The molecular formula is C17H28N2OS. The Morgan fingerprint density at radius 2 is 2.14 bits per heavy atom. The summed E-state index contributed by atoms with van der Waals surface area (Å²) in [4.78, 5) is 16.2. The molecule has 0 saturated carbocycles. The number of carbonyl (C=O) groups is 1. The van der Waals surface area contributed by atoms with Gasteiger partial charge in [0.05, 0.1) is 6.04 Å². The van der Waals surface area contributed by atoms with E-state index in [1.165, 1.54) is 17.7 Å². The average molecular weight is 308 g/mol. The minimum Gasteiger partial charge on any atom is -0.318 e. The van der Waals surface area contributed by atoms with E-state index < -0.39 is 0 Å². The number of unbranched alkanes of at least 4 members (excludes halogenated alkanes) is 1. The molecule has 1 N–H and O–H groups in total. The quantitative estimate of drug-likeness (QED) is 0.820. The first-order chi connectivity index (χ1) is 10.0. The second-order valence-electron chi connectivity index (χ2n) is 6.50. The molecule has 21 heavy (non-hydrogen) atoms. The number of carbonyl (C=O) groups excluding carboxylic acids is 1. The molecule has 0 aromatic carbocycles. The van der Waals surface area contributed by atoms with E-state index in [-0.39, 0.29) is 18.1 Å². The summed E-state index contributed by atoms with van der Waals surface area (Å²) in [6, 6.07) is 4.47. The number of hydrogen-bond acceptors (Lipinski definition) is 3. The topological polar surface area (TPSA) is 32.3 Å². The van der Waals surface area contributed by atoms with Crippen molar-refractivity contribution in [1.29, 1.82) is 0 Å².